The van der Waals surface area contributed by atoms with E-state index in [1.54, 1.807) is 0 Å². The first-order valence-corrected chi connectivity index (χ1v) is 7.15. The third-order valence-electron chi connectivity index (χ3n) is 3.33. The van der Waals surface area contributed by atoms with Gasteiger partial charge in [-0.3, -0.25) is 4.90 Å². The highest BCUT2D eigenvalue weighted by Crippen LogP contribution is 2.28. The van der Waals surface area contributed by atoms with Crippen LogP contribution in [0.15, 0.2) is 6.20 Å². The van der Waals surface area contributed by atoms with Crippen LogP contribution in [0.25, 0.3) is 0 Å². The second kappa shape index (κ2) is 5.04. The van der Waals surface area contributed by atoms with E-state index in [1.807, 2.05) is 17.5 Å². The fraction of sp³-hybridized carbons (Fsp3) is 0.769. The molecule has 1 aliphatic heterocycles. The number of likely N-dealkylation sites (N-methyl/N-ethyl adjacent to an activating group) is 1. The average molecular weight is 253 g/mol. The average Bonchev–Trinajstić information content (AvgIpc) is 2.86. The van der Waals surface area contributed by atoms with E-state index in [2.05, 4.69) is 43.0 Å². The first-order chi connectivity index (χ1) is 7.99. The van der Waals surface area contributed by atoms with Gasteiger partial charge in [0, 0.05) is 30.2 Å². The van der Waals surface area contributed by atoms with Crippen LogP contribution in [-0.4, -0.2) is 36.1 Å². The van der Waals surface area contributed by atoms with E-state index in [0.717, 1.165) is 13.1 Å². The van der Waals surface area contributed by atoms with E-state index in [1.165, 1.54) is 22.9 Å². The Kier molecular flexibility index (Phi) is 3.85. The fourth-order valence-electron chi connectivity index (χ4n) is 2.13. The van der Waals surface area contributed by atoms with Crippen LogP contribution < -0.4 is 5.32 Å². The zero-order valence-electron chi connectivity index (χ0n) is 11.3. The Morgan fingerprint density at radius 2 is 2.29 bits per heavy atom. The summed E-state index contributed by atoms with van der Waals surface area (Å²) in [4.78, 5) is 8.43. The molecule has 1 aliphatic rings. The molecular weight excluding hydrogens is 230 g/mol. The monoisotopic (exact) mass is 253 g/mol. The number of thiazole rings is 1. The zero-order chi connectivity index (χ0) is 12.5. The van der Waals surface area contributed by atoms with Gasteiger partial charge in [-0.25, -0.2) is 4.98 Å². The van der Waals surface area contributed by atoms with Crippen molar-refractivity contribution in [2.75, 3.05) is 20.1 Å². The highest BCUT2D eigenvalue weighted by Gasteiger charge is 2.23. The SMILES string of the molecule is CNC1CCN(Cc2ncc(C(C)(C)C)s2)C1. The molecule has 0 saturated carbocycles. The lowest BCUT2D eigenvalue weighted by Crippen LogP contribution is -2.29. The molecule has 1 fully saturated rings. The van der Waals surface area contributed by atoms with Crippen molar-refractivity contribution >= 4 is 11.3 Å². The minimum absolute atomic E-state index is 0.231. The maximum Gasteiger partial charge on any atom is 0.107 e. The Balaban J connectivity index is 1.94. The number of nitrogens with zero attached hydrogens (tertiary/aromatic N) is 2. The van der Waals surface area contributed by atoms with Crippen LogP contribution in [0.2, 0.25) is 0 Å². The minimum Gasteiger partial charge on any atom is -0.316 e. The van der Waals surface area contributed by atoms with Crippen LogP contribution in [0.3, 0.4) is 0 Å². The van der Waals surface area contributed by atoms with E-state index >= 15 is 0 Å². The van der Waals surface area contributed by atoms with Gasteiger partial charge in [0.05, 0.1) is 6.54 Å². The van der Waals surface area contributed by atoms with E-state index in [-0.39, 0.29) is 5.41 Å². The van der Waals surface area contributed by atoms with Gasteiger partial charge in [-0.05, 0) is 18.9 Å². The molecule has 1 aromatic rings. The summed E-state index contributed by atoms with van der Waals surface area (Å²) in [5.74, 6) is 0. The molecule has 1 aromatic heterocycles. The quantitative estimate of drug-likeness (QED) is 0.895. The maximum absolute atomic E-state index is 4.55. The summed E-state index contributed by atoms with van der Waals surface area (Å²) < 4.78 is 0. The second-order valence-corrected chi connectivity index (χ2v) is 6.99. The predicted molar refractivity (Wildman–Crippen MR) is 73.6 cm³/mol. The van der Waals surface area contributed by atoms with Gasteiger partial charge >= 0.3 is 0 Å². The van der Waals surface area contributed by atoms with Gasteiger partial charge < -0.3 is 5.32 Å². The van der Waals surface area contributed by atoms with E-state index in [4.69, 9.17) is 0 Å². The largest absolute Gasteiger partial charge is 0.316 e. The molecule has 1 unspecified atom stereocenters. The van der Waals surface area contributed by atoms with E-state index in [9.17, 15) is 0 Å². The minimum atomic E-state index is 0.231. The van der Waals surface area contributed by atoms with E-state index in [0.29, 0.717) is 6.04 Å². The van der Waals surface area contributed by atoms with Crippen molar-refractivity contribution in [3.8, 4) is 0 Å². The first-order valence-electron chi connectivity index (χ1n) is 6.34. The van der Waals surface area contributed by atoms with Gasteiger partial charge in [0.15, 0.2) is 0 Å². The third-order valence-corrected chi connectivity index (χ3v) is 4.74. The number of nitrogens with one attached hydrogen (secondary N) is 1. The van der Waals surface area contributed by atoms with Crippen LogP contribution in [0.1, 0.15) is 37.1 Å². The normalized spacial score (nSPS) is 22.2. The molecule has 0 aromatic carbocycles. The van der Waals surface area contributed by atoms with Crippen LogP contribution in [0.4, 0.5) is 0 Å². The molecule has 17 heavy (non-hydrogen) atoms. The summed E-state index contributed by atoms with van der Waals surface area (Å²) in [6, 6.07) is 0.664. The standard InChI is InChI=1S/C13H23N3S/c1-13(2,3)11-7-15-12(17-11)9-16-6-5-10(8-16)14-4/h7,10,14H,5-6,8-9H2,1-4H3. The third kappa shape index (κ3) is 3.27. The van der Waals surface area contributed by atoms with Crippen LogP contribution in [0, 0.1) is 0 Å². The van der Waals surface area contributed by atoms with Crippen molar-refractivity contribution in [1.29, 1.82) is 0 Å². The van der Waals surface area contributed by atoms with Crippen LogP contribution in [0.5, 0.6) is 0 Å². The molecular formula is C13H23N3S. The smallest absolute Gasteiger partial charge is 0.107 e. The van der Waals surface area contributed by atoms with Crippen molar-refractivity contribution in [2.24, 2.45) is 0 Å². The molecule has 3 nitrogen and oxygen atoms in total. The Morgan fingerprint density at radius 1 is 1.53 bits per heavy atom. The van der Waals surface area contributed by atoms with Gasteiger partial charge in [-0.1, -0.05) is 20.8 Å². The van der Waals surface area contributed by atoms with Crippen molar-refractivity contribution in [3.05, 3.63) is 16.1 Å². The number of hydrogen-bond donors (Lipinski definition) is 1. The van der Waals surface area contributed by atoms with Crippen LogP contribution >= 0.6 is 11.3 Å². The zero-order valence-corrected chi connectivity index (χ0v) is 12.1. The maximum atomic E-state index is 4.55. The summed E-state index contributed by atoms with van der Waals surface area (Å²) in [7, 11) is 2.05. The first kappa shape index (κ1) is 13.0. The Labute approximate surface area is 108 Å². The molecule has 96 valence electrons. The lowest BCUT2D eigenvalue weighted by molar-refractivity contribution is 0.322. The summed E-state index contributed by atoms with van der Waals surface area (Å²) >= 11 is 1.86. The van der Waals surface area contributed by atoms with Gasteiger partial charge in [0.1, 0.15) is 5.01 Å². The van der Waals surface area contributed by atoms with Gasteiger partial charge in [0.2, 0.25) is 0 Å². The summed E-state index contributed by atoms with van der Waals surface area (Å²) in [6.07, 6.45) is 3.31. The lowest BCUT2D eigenvalue weighted by atomic mass is 9.96. The lowest BCUT2D eigenvalue weighted by Gasteiger charge is -2.15. The Bertz CT molecular complexity index is 367. The number of aromatic nitrogens is 1. The Morgan fingerprint density at radius 3 is 2.82 bits per heavy atom. The molecule has 0 amide bonds. The topological polar surface area (TPSA) is 28.2 Å². The van der Waals surface area contributed by atoms with E-state index < -0.39 is 0 Å². The second-order valence-electron chi connectivity index (χ2n) is 5.88. The molecule has 2 rings (SSSR count). The molecule has 2 heterocycles. The number of rotatable bonds is 3. The Hall–Kier alpha value is -0.450. The van der Waals surface area contributed by atoms with Gasteiger partial charge in [-0.2, -0.15) is 0 Å². The number of likely N-dealkylation sites (tertiary alicyclic amines) is 1. The predicted octanol–water partition coefficient (Wildman–Crippen LogP) is 2.23. The molecule has 0 spiro atoms. The molecule has 0 aliphatic carbocycles. The van der Waals surface area contributed by atoms with Crippen molar-refractivity contribution < 1.29 is 0 Å². The summed E-state index contributed by atoms with van der Waals surface area (Å²) in [6.45, 7) is 10.1. The molecule has 0 radical (unpaired) electrons. The van der Waals surface area contributed by atoms with Crippen LogP contribution in [-0.2, 0) is 12.0 Å². The van der Waals surface area contributed by atoms with Crippen molar-refractivity contribution in [1.82, 2.24) is 15.2 Å². The summed E-state index contributed by atoms with van der Waals surface area (Å²) in [5, 5.41) is 4.61. The van der Waals surface area contributed by atoms with Gasteiger partial charge in [0.25, 0.3) is 0 Å². The fourth-order valence-corrected chi connectivity index (χ4v) is 3.15. The van der Waals surface area contributed by atoms with Crippen molar-refractivity contribution in [3.63, 3.8) is 0 Å². The van der Waals surface area contributed by atoms with Gasteiger partial charge in [-0.15, -0.1) is 11.3 Å². The number of hydrogen-bond acceptors (Lipinski definition) is 4. The summed E-state index contributed by atoms with van der Waals surface area (Å²) in [5.41, 5.74) is 0.231. The molecule has 4 heteroatoms. The molecule has 1 N–H and O–H groups in total. The highest BCUT2D eigenvalue weighted by atomic mass is 32.1. The highest BCUT2D eigenvalue weighted by molar-refractivity contribution is 7.11. The molecule has 0 bridgehead atoms. The molecule has 1 atom stereocenters. The van der Waals surface area contributed by atoms with Crippen molar-refractivity contribution in [2.45, 2.75) is 45.2 Å². The molecule has 1 saturated heterocycles.